The fraction of sp³-hybridized carbons (Fsp3) is 0.268. The molecule has 11 nitrogen and oxygen atoms in total. The Kier molecular flexibility index (Phi) is 9.83. The molecule has 6 aromatic rings. The zero-order valence-electron chi connectivity index (χ0n) is 30.1. The Bertz CT molecular complexity index is 2430. The van der Waals surface area contributed by atoms with Crippen LogP contribution in [0.4, 0.5) is 5.69 Å². The van der Waals surface area contributed by atoms with E-state index in [1.807, 2.05) is 73.1 Å². The highest BCUT2D eigenvalue weighted by Gasteiger charge is 2.27. The van der Waals surface area contributed by atoms with Gasteiger partial charge in [-0.3, -0.25) is 14.6 Å². The first-order valence-electron chi connectivity index (χ1n) is 18.1. The molecule has 8 rings (SSSR count). The molecule has 2 aliphatic rings. The van der Waals surface area contributed by atoms with Gasteiger partial charge in [0.25, 0.3) is 5.91 Å². The molecule has 0 saturated carbocycles. The third-order valence-electron chi connectivity index (χ3n) is 10.6. The van der Waals surface area contributed by atoms with Crippen molar-refractivity contribution < 1.29 is 19.3 Å². The molecular formula is C41H39BClN7O4. The number of halogens is 1. The molecule has 2 aromatic heterocycles. The normalized spacial score (nSPS) is 14.7. The molecule has 4 aromatic carbocycles. The zero-order chi connectivity index (χ0) is 37.5. The van der Waals surface area contributed by atoms with Crippen LogP contribution in [0.2, 0.25) is 5.02 Å². The van der Waals surface area contributed by atoms with Crippen molar-refractivity contribution in [2.45, 2.75) is 45.8 Å². The molecule has 1 saturated heterocycles. The summed E-state index contributed by atoms with van der Waals surface area (Å²) in [5, 5.41) is 32.2. The summed E-state index contributed by atoms with van der Waals surface area (Å²) in [6.45, 7) is 6.95. The van der Waals surface area contributed by atoms with E-state index in [4.69, 9.17) is 26.0 Å². The largest absolute Gasteiger partial charge is 0.488 e. The Balaban J connectivity index is 1.02. The molecule has 4 heterocycles. The fourth-order valence-corrected chi connectivity index (χ4v) is 8.00. The maximum absolute atomic E-state index is 13.7. The molecule has 0 spiro atoms. The second-order valence-corrected chi connectivity index (χ2v) is 14.5. The summed E-state index contributed by atoms with van der Waals surface area (Å²) in [5.41, 5.74) is 9.78. The highest BCUT2D eigenvalue weighted by Crippen LogP contribution is 2.39. The van der Waals surface area contributed by atoms with Crippen molar-refractivity contribution >= 4 is 46.9 Å². The molecule has 0 bridgehead atoms. The van der Waals surface area contributed by atoms with E-state index < -0.39 is 7.12 Å². The molecule has 1 amide bonds. The van der Waals surface area contributed by atoms with Gasteiger partial charge in [0.05, 0.1) is 22.0 Å². The summed E-state index contributed by atoms with van der Waals surface area (Å²) in [6, 6.07) is 24.8. The van der Waals surface area contributed by atoms with Crippen molar-refractivity contribution in [3.63, 3.8) is 0 Å². The summed E-state index contributed by atoms with van der Waals surface area (Å²) in [4.78, 5) is 28.0. The molecule has 0 atom stereocenters. The van der Waals surface area contributed by atoms with E-state index in [0.717, 1.165) is 77.4 Å². The molecule has 0 unspecified atom stereocenters. The first kappa shape index (κ1) is 35.7. The molecule has 54 heavy (non-hydrogen) atoms. The highest BCUT2D eigenvalue weighted by molar-refractivity contribution is 6.58. The van der Waals surface area contributed by atoms with Gasteiger partial charge in [0, 0.05) is 56.5 Å². The number of amides is 1. The predicted octanol–water partition coefficient (Wildman–Crippen LogP) is 5.82. The Morgan fingerprint density at radius 3 is 2.43 bits per heavy atom. The minimum atomic E-state index is -1.49. The molecule has 0 aliphatic carbocycles. The average molecular weight is 740 g/mol. The lowest BCUT2D eigenvalue weighted by Gasteiger charge is -2.26. The van der Waals surface area contributed by atoms with E-state index in [2.05, 4.69) is 21.2 Å². The van der Waals surface area contributed by atoms with Crippen molar-refractivity contribution in [2.75, 3.05) is 25.0 Å². The summed E-state index contributed by atoms with van der Waals surface area (Å²) < 4.78 is 8.12. The number of hydrogen-bond acceptors (Lipinski definition) is 9. The standard InChI is InChI=1S/C41H39BClN7O4/c1-25-30(7-5-8-31(25)41-47-34-20-27(23-49-16-3-4-17-49)19-28(21-44)38(34)54-41)32-9-6-10-33(37(32)43)46-40(51)39-45-35-24-50(18-15-36(35)48(39)2)22-26-11-13-29(14-12-26)42(52)53/h5-14,19-20,52-53H,3-4,15-18,22-24H2,1-2H3,(H,46,51). The Labute approximate surface area is 318 Å². The van der Waals surface area contributed by atoms with Gasteiger partial charge in [0.15, 0.2) is 11.4 Å². The van der Waals surface area contributed by atoms with E-state index in [1.54, 1.807) is 18.2 Å². The van der Waals surface area contributed by atoms with E-state index in [0.29, 0.717) is 57.6 Å². The van der Waals surface area contributed by atoms with Gasteiger partial charge in [-0.1, -0.05) is 60.1 Å². The number of oxazole rings is 1. The molecule has 2 aliphatic heterocycles. The molecule has 13 heteroatoms. The van der Waals surface area contributed by atoms with Gasteiger partial charge in [-0.15, -0.1) is 0 Å². The van der Waals surface area contributed by atoms with Gasteiger partial charge in [0.1, 0.15) is 11.6 Å². The Morgan fingerprint density at radius 1 is 0.944 bits per heavy atom. The number of rotatable bonds is 9. The number of likely N-dealkylation sites (tertiary alicyclic amines) is 1. The maximum Gasteiger partial charge on any atom is 0.488 e. The monoisotopic (exact) mass is 739 g/mol. The summed E-state index contributed by atoms with van der Waals surface area (Å²) in [6.07, 6.45) is 3.13. The Hall–Kier alpha value is -5.29. The molecule has 0 radical (unpaired) electrons. The second-order valence-electron chi connectivity index (χ2n) is 14.2. The molecule has 3 N–H and O–H groups in total. The lowest BCUT2D eigenvalue weighted by atomic mass is 9.80. The number of benzene rings is 4. The second kappa shape index (κ2) is 14.9. The van der Waals surface area contributed by atoms with Crippen LogP contribution in [0.3, 0.4) is 0 Å². The molecule has 1 fully saturated rings. The number of nitriles is 1. The topological polar surface area (TPSA) is 144 Å². The van der Waals surface area contributed by atoms with Crippen LogP contribution in [0.5, 0.6) is 0 Å². The van der Waals surface area contributed by atoms with Crippen molar-refractivity contribution in [1.82, 2.24) is 24.3 Å². The smallest absolute Gasteiger partial charge is 0.435 e. The first-order chi connectivity index (χ1) is 26.2. The number of nitrogens with one attached hydrogen (secondary N) is 1. The summed E-state index contributed by atoms with van der Waals surface area (Å²) in [7, 11) is 0.370. The van der Waals surface area contributed by atoms with E-state index >= 15 is 0 Å². The van der Waals surface area contributed by atoms with Crippen molar-refractivity contribution in [3.05, 3.63) is 117 Å². The van der Waals surface area contributed by atoms with Crippen LogP contribution in [-0.2, 0) is 33.1 Å². The number of imidazole rings is 1. The van der Waals surface area contributed by atoms with Crippen molar-refractivity contribution in [3.8, 4) is 28.7 Å². The van der Waals surface area contributed by atoms with Crippen LogP contribution >= 0.6 is 11.6 Å². The van der Waals surface area contributed by atoms with Gasteiger partial charge < -0.3 is 24.3 Å². The third kappa shape index (κ3) is 6.93. The SMILES string of the molecule is Cc1c(-c2nc3cc(CN4CCCC4)cc(C#N)c3o2)cccc1-c1cccc(NC(=O)c2nc3c(n2C)CCN(Cc2ccc(B(O)O)cc2)C3)c1Cl. The van der Waals surface area contributed by atoms with Gasteiger partial charge in [-0.25, -0.2) is 9.97 Å². The highest BCUT2D eigenvalue weighted by atomic mass is 35.5. The lowest BCUT2D eigenvalue weighted by molar-refractivity contribution is 0.101. The lowest BCUT2D eigenvalue weighted by Crippen LogP contribution is -2.32. The summed E-state index contributed by atoms with van der Waals surface area (Å²) >= 11 is 7.04. The number of aromatic nitrogens is 3. The number of anilines is 1. The maximum atomic E-state index is 13.7. The van der Waals surface area contributed by atoms with Gasteiger partial charge >= 0.3 is 7.12 Å². The predicted molar refractivity (Wildman–Crippen MR) is 209 cm³/mol. The minimum absolute atomic E-state index is 0.305. The Morgan fingerprint density at radius 2 is 1.67 bits per heavy atom. The van der Waals surface area contributed by atoms with Crippen molar-refractivity contribution in [2.24, 2.45) is 7.05 Å². The van der Waals surface area contributed by atoms with Crippen LogP contribution in [-0.4, -0.2) is 67.0 Å². The van der Waals surface area contributed by atoms with Gasteiger partial charge in [0.2, 0.25) is 5.89 Å². The minimum Gasteiger partial charge on any atom is -0.435 e. The van der Waals surface area contributed by atoms with Crippen LogP contribution in [0.25, 0.3) is 33.7 Å². The van der Waals surface area contributed by atoms with Gasteiger partial charge in [-0.2, -0.15) is 5.26 Å². The molecular weight excluding hydrogens is 701 g/mol. The van der Waals surface area contributed by atoms with Crippen LogP contribution in [0.15, 0.2) is 77.2 Å². The number of fused-ring (bicyclic) bond motifs is 2. The van der Waals surface area contributed by atoms with Crippen LogP contribution in [0, 0.1) is 18.3 Å². The van der Waals surface area contributed by atoms with Crippen molar-refractivity contribution in [1.29, 1.82) is 5.26 Å². The number of carbonyl (C=O) groups is 1. The van der Waals surface area contributed by atoms with E-state index in [1.165, 1.54) is 12.8 Å². The van der Waals surface area contributed by atoms with E-state index in [-0.39, 0.29) is 5.91 Å². The van der Waals surface area contributed by atoms with Crippen LogP contribution < -0.4 is 10.8 Å². The third-order valence-corrected chi connectivity index (χ3v) is 11.0. The fourth-order valence-electron chi connectivity index (χ4n) is 7.73. The van der Waals surface area contributed by atoms with Crippen LogP contribution in [0.1, 0.15) is 57.1 Å². The quantitative estimate of drug-likeness (QED) is 0.157. The number of nitrogens with zero attached hydrogens (tertiary/aromatic N) is 6. The van der Waals surface area contributed by atoms with E-state index in [9.17, 15) is 20.1 Å². The first-order valence-corrected chi connectivity index (χ1v) is 18.5. The molecule has 272 valence electrons. The van der Waals surface area contributed by atoms with Gasteiger partial charge in [-0.05, 0) is 84.8 Å². The summed E-state index contributed by atoms with van der Waals surface area (Å²) in [5.74, 6) is 0.376. The average Bonchev–Trinajstić information content (AvgIpc) is 3.92. The number of hydrogen-bond donors (Lipinski definition) is 3. The zero-order valence-corrected chi connectivity index (χ0v) is 30.9. The number of carbonyl (C=O) groups excluding carboxylic acids is 1.